The first kappa shape index (κ1) is 21.9. The van der Waals surface area contributed by atoms with Crippen LogP contribution in [0.5, 0.6) is 0 Å². The highest BCUT2D eigenvalue weighted by molar-refractivity contribution is 7.88. The Morgan fingerprint density at radius 3 is 2.39 bits per heavy atom. The lowest BCUT2D eigenvalue weighted by Gasteiger charge is -2.22. The first-order valence-electron chi connectivity index (χ1n) is 9.37. The molecule has 0 atom stereocenters. The summed E-state index contributed by atoms with van der Waals surface area (Å²) in [4.78, 5) is 6.81. The monoisotopic (exact) mass is 402 g/mol. The maximum absolute atomic E-state index is 11.8. The van der Waals surface area contributed by atoms with Crippen LogP contribution in [0.2, 0.25) is 0 Å². The van der Waals surface area contributed by atoms with Crippen LogP contribution in [-0.2, 0) is 28.9 Å². The van der Waals surface area contributed by atoms with Crippen LogP contribution in [0.3, 0.4) is 0 Å². The molecule has 0 saturated carbocycles. The van der Waals surface area contributed by atoms with E-state index in [1.165, 1.54) is 18.2 Å². The van der Waals surface area contributed by atoms with E-state index in [9.17, 15) is 8.42 Å². The molecule has 0 heterocycles. The molecule has 0 fully saturated rings. The van der Waals surface area contributed by atoms with E-state index >= 15 is 0 Å². The Morgan fingerprint density at radius 2 is 1.75 bits per heavy atom. The molecule has 2 N–H and O–H groups in total. The van der Waals surface area contributed by atoms with Crippen molar-refractivity contribution < 1.29 is 8.42 Å². The smallest absolute Gasteiger partial charge is 0.215 e. The van der Waals surface area contributed by atoms with Crippen molar-refractivity contribution in [3.8, 4) is 0 Å². The lowest BCUT2D eigenvalue weighted by molar-refractivity contribution is 0.477. The molecular formula is C21H30N4O2S. The van der Waals surface area contributed by atoms with Gasteiger partial charge in [0, 0.05) is 20.1 Å². The van der Waals surface area contributed by atoms with Gasteiger partial charge in [0.1, 0.15) is 0 Å². The van der Waals surface area contributed by atoms with E-state index in [4.69, 9.17) is 4.99 Å². The zero-order valence-electron chi connectivity index (χ0n) is 17.1. The third kappa shape index (κ3) is 6.98. The van der Waals surface area contributed by atoms with Crippen molar-refractivity contribution in [2.24, 2.45) is 4.99 Å². The fourth-order valence-corrected chi connectivity index (χ4v) is 3.55. The van der Waals surface area contributed by atoms with E-state index in [0.717, 1.165) is 30.2 Å². The summed E-state index contributed by atoms with van der Waals surface area (Å²) in [5.41, 5.74) is 4.19. The minimum atomic E-state index is -3.29. The molecule has 0 aliphatic carbocycles. The number of aryl methyl sites for hydroxylation is 1. The maximum atomic E-state index is 11.8. The predicted molar refractivity (Wildman–Crippen MR) is 116 cm³/mol. The standard InChI is InChI=1S/C21H30N4O2S/c1-5-23-21(25(4)15-18-11-9-17(2)10-12-18)24-14-19-7-6-8-20(13-19)16-28(26,27)22-3/h6-13,22H,5,14-16H2,1-4H3,(H,23,24). The van der Waals surface area contributed by atoms with Crippen molar-refractivity contribution in [2.75, 3.05) is 20.6 Å². The number of guanidine groups is 1. The molecule has 0 spiro atoms. The Balaban J connectivity index is 2.10. The molecule has 0 bridgehead atoms. The largest absolute Gasteiger partial charge is 0.357 e. The zero-order valence-corrected chi connectivity index (χ0v) is 17.9. The van der Waals surface area contributed by atoms with E-state index in [1.807, 2.05) is 38.2 Å². The maximum Gasteiger partial charge on any atom is 0.215 e. The molecule has 6 nitrogen and oxygen atoms in total. The molecule has 7 heteroatoms. The van der Waals surface area contributed by atoms with Crippen molar-refractivity contribution in [3.05, 3.63) is 70.8 Å². The number of aliphatic imine (C=N–C) groups is 1. The predicted octanol–water partition coefficient (Wildman–Crippen LogP) is 2.64. The summed E-state index contributed by atoms with van der Waals surface area (Å²) in [6.07, 6.45) is 0. The average molecular weight is 403 g/mol. The summed E-state index contributed by atoms with van der Waals surface area (Å²) < 4.78 is 25.9. The summed E-state index contributed by atoms with van der Waals surface area (Å²) in [6.45, 7) is 6.13. The van der Waals surface area contributed by atoms with Gasteiger partial charge in [0.05, 0.1) is 12.3 Å². The van der Waals surface area contributed by atoms with Crippen molar-refractivity contribution in [1.82, 2.24) is 14.9 Å². The van der Waals surface area contributed by atoms with Gasteiger partial charge in [0.2, 0.25) is 10.0 Å². The van der Waals surface area contributed by atoms with Crippen molar-refractivity contribution in [3.63, 3.8) is 0 Å². The quantitative estimate of drug-likeness (QED) is 0.526. The normalized spacial score (nSPS) is 12.1. The number of nitrogens with one attached hydrogen (secondary N) is 2. The van der Waals surface area contributed by atoms with Crippen LogP contribution in [0, 0.1) is 6.92 Å². The van der Waals surface area contributed by atoms with E-state index in [-0.39, 0.29) is 5.75 Å². The van der Waals surface area contributed by atoms with Gasteiger partial charge >= 0.3 is 0 Å². The van der Waals surface area contributed by atoms with Crippen LogP contribution in [0.15, 0.2) is 53.5 Å². The number of hydrogen-bond acceptors (Lipinski definition) is 3. The second-order valence-electron chi connectivity index (χ2n) is 6.79. The van der Waals surface area contributed by atoms with Crippen LogP contribution >= 0.6 is 0 Å². The second kappa shape index (κ2) is 10.2. The number of benzene rings is 2. The summed E-state index contributed by atoms with van der Waals surface area (Å²) >= 11 is 0. The van der Waals surface area contributed by atoms with E-state index in [2.05, 4.69) is 46.1 Å². The second-order valence-corrected chi connectivity index (χ2v) is 8.72. The van der Waals surface area contributed by atoms with Gasteiger partial charge in [-0.05, 0) is 37.6 Å². The molecule has 2 aromatic rings. The molecular weight excluding hydrogens is 372 g/mol. The number of hydrogen-bond donors (Lipinski definition) is 2. The molecule has 0 saturated heterocycles. The summed E-state index contributed by atoms with van der Waals surface area (Å²) in [5.74, 6) is 0.783. The molecule has 0 aliphatic rings. The van der Waals surface area contributed by atoms with Gasteiger partial charge in [-0.25, -0.2) is 18.1 Å². The lowest BCUT2D eigenvalue weighted by atomic mass is 10.1. The Bertz CT molecular complexity index is 893. The van der Waals surface area contributed by atoms with Crippen molar-refractivity contribution in [1.29, 1.82) is 0 Å². The highest BCUT2D eigenvalue weighted by Gasteiger charge is 2.10. The van der Waals surface area contributed by atoms with Gasteiger partial charge < -0.3 is 10.2 Å². The van der Waals surface area contributed by atoms with Crippen molar-refractivity contribution in [2.45, 2.75) is 32.7 Å². The Kier molecular flexibility index (Phi) is 8.02. The Morgan fingerprint density at radius 1 is 1.07 bits per heavy atom. The SMILES string of the molecule is CCNC(=NCc1cccc(CS(=O)(=O)NC)c1)N(C)Cc1ccc(C)cc1. The van der Waals surface area contributed by atoms with Crippen LogP contribution < -0.4 is 10.0 Å². The first-order chi connectivity index (χ1) is 13.3. The number of sulfonamides is 1. The number of rotatable bonds is 8. The molecule has 0 amide bonds. The molecule has 28 heavy (non-hydrogen) atoms. The molecule has 152 valence electrons. The topological polar surface area (TPSA) is 73.8 Å². The Hall–Kier alpha value is -2.38. The van der Waals surface area contributed by atoms with Crippen LogP contribution in [0.4, 0.5) is 0 Å². The summed E-state index contributed by atoms with van der Waals surface area (Å²) in [7, 11) is 0.151. The molecule has 0 aliphatic heterocycles. The minimum absolute atomic E-state index is 0.0333. The molecule has 0 unspecified atom stereocenters. The molecule has 0 radical (unpaired) electrons. The van der Waals surface area contributed by atoms with Gasteiger partial charge in [-0.2, -0.15) is 0 Å². The lowest BCUT2D eigenvalue weighted by Crippen LogP contribution is -2.38. The highest BCUT2D eigenvalue weighted by Crippen LogP contribution is 2.11. The van der Waals surface area contributed by atoms with Crippen LogP contribution in [0.25, 0.3) is 0 Å². The van der Waals surface area contributed by atoms with Gasteiger partial charge in [0.25, 0.3) is 0 Å². The molecule has 2 rings (SSSR count). The summed E-state index contributed by atoms with van der Waals surface area (Å²) in [6, 6.07) is 16.0. The fraction of sp³-hybridized carbons (Fsp3) is 0.381. The van der Waals surface area contributed by atoms with E-state index in [1.54, 1.807) is 0 Å². The van der Waals surface area contributed by atoms with Crippen LogP contribution in [-0.4, -0.2) is 39.9 Å². The highest BCUT2D eigenvalue weighted by atomic mass is 32.2. The first-order valence-corrected chi connectivity index (χ1v) is 11.0. The van der Waals surface area contributed by atoms with E-state index < -0.39 is 10.0 Å². The van der Waals surface area contributed by atoms with Gasteiger partial charge in [-0.15, -0.1) is 0 Å². The molecule has 2 aromatic carbocycles. The van der Waals surface area contributed by atoms with Gasteiger partial charge in [0.15, 0.2) is 5.96 Å². The van der Waals surface area contributed by atoms with Gasteiger partial charge in [-0.3, -0.25) is 0 Å². The third-order valence-electron chi connectivity index (χ3n) is 4.31. The average Bonchev–Trinajstić information content (AvgIpc) is 2.67. The summed E-state index contributed by atoms with van der Waals surface area (Å²) in [5, 5.41) is 3.32. The van der Waals surface area contributed by atoms with Crippen LogP contribution in [0.1, 0.15) is 29.2 Å². The third-order valence-corrected chi connectivity index (χ3v) is 5.64. The fourth-order valence-electron chi connectivity index (χ4n) is 2.79. The Labute approximate surface area is 168 Å². The minimum Gasteiger partial charge on any atom is -0.357 e. The van der Waals surface area contributed by atoms with Gasteiger partial charge in [-0.1, -0.05) is 54.1 Å². The molecule has 0 aromatic heterocycles. The zero-order chi connectivity index (χ0) is 20.6. The van der Waals surface area contributed by atoms with Crippen molar-refractivity contribution >= 4 is 16.0 Å². The number of nitrogens with zero attached hydrogens (tertiary/aromatic N) is 2. The van der Waals surface area contributed by atoms with E-state index in [0.29, 0.717) is 6.54 Å².